The van der Waals surface area contributed by atoms with Gasteiger partial charge in [-0.05, 0) is 24.6 Å². The van der Waals surface area contributed by atoms with E-state index in [1.165, 1.54) is 24.3 Å². The molecule has 7 heteroatoms. The maximum absolute atomic E-state index is 11.8. The summed E-state index contributed by atoms with van der Waals surface area (Å²) in [6.07, 6.45) is 0.118. The second kappa shape index (κ2) is 6.14. The average Bonchev–Trinajstić information content (AvgIpc) is 2.34. The molecule has 0 aliphatic carbocycles. The molecular weight excluding hydrogens is 256 g/mol. The van der Waals surface area contributed by atoms with Crippen LogP contribution in [0.4, 0.5) is 0 Å². The first-order valence-corrected chi connectivity index (χ1v) is 6.65. The normalized spacial score (nSPS) is 10.8. The Morgan fingerprint density at radius 3 is 2.78 bits per heavy atom. The Morgan fingerprint density at radius 1 is 1.44 bits per heavy atom. The highest BCUT2D eigenvalue weighted by Gasteiger charge is 2.13. The van der Waals surface area contributed by atoms with Crippen LogP contribution in [0.1, 0.15) is 18.4 Å². The Hall–Kier alpha value is -1.91. The largest absolute Gasteiger partial charge is 0.481 e. The zero-order chi connectivity index (χ0) is 13.6. The van der Waals surface area contributed by atoms with E-state index in [1.54, 1.807) is 0 Å². The number of rotatable bonds is 6. The van der Waals surface area contributed by atoms with E-state index >= 15 is 0 Å². The average molecular weight is 268 g/mol. The van der Waals surface area contributed by atoms with Gasteiger partial charge in [-0.25, -0.2) is 13.1 Å². The van der Waals surface area contributed by atoms with Gasteiger partial charge < -0.3 is 5.11 Å². The molecule has 0 fully saturated rings. The minimum atomic E-state index is -3.68. The number of nitrogens with zero attached hydrogens (tertiary/aromatic N) is 1. The number of hydrogen-bond acceptors (Lipinski definition) is 4. The molecule has 96 valence electrons. The molecule has 0 unspecified atom stereocenters. The number of carbonyl (C=O) groups is 1. The molecule has 1 rings (SSSR count). The maximum atomic E-state index is 11.8. The lowest BCUT2D eigenvalue weighted by atomic mass is 10.2. The van der Waals surface area contributed by atoms with E-state index in [0.717, 1.165) is 0 Å². The zero-order valence-corrected chi connectivity index (χ0v) is 10.3. The summed E-state index contributed by atoms with van der Waals surface area (Å²) in [5.74, 6) is -0.972. The predicted octanol–water partition coefficient (Wildman–Crippen LogP) is 0.701. The Morgan fingerprint density at radius 2 is 2.17 bits per heavy atom. The monoisotopic (exact) mass is 268 g/mol. The number of carboxylic acids is 1. The third kappa shape index (κ3) is 4.16. The van der Waals surface area contributed by atoms with Crippen LogP contribution in [-0.2, 0) is 14.8 Å². The SMILES string of the molecule is N#Cc1cccc(S(=O)(=O)NCCCC(=O)O)c1. The molecule has 6 nitrogen and oxygen atoms in total. The molecule has 2 N–H and O–H groups in total. The Kier molecular flexibility index (Phi) is 4.83. The molecule has 0 aliphatic rings. The van der Waals surface area contributed by atoms with Gasteiger partial charge in [0.15, 0.2) is 0 Å². The van der Waals surface area contributed by atoms with Crippen LogP contribution in [0.15, 0.2) is 29.2 Å². The molecule has 18 heavy (non-hydrogen) atoms. The van der Waals surface area contributed by atoms with Crippen LogP contribution >= 0.6 is 0 Å². The smallest absolute Gasteiger partial charge is 0.303 e. The van der Waals surface area contributed by atoms with Crippen molar-refractivity contribution in [3.05, 3.63) is 29.8 Å². The lowest BCUT2D eigenvalue weighted by Gasteiger charge is -2.06. The van der Waals surface area contributed by atoms with Crippen LogP contribution in [0.25, 0.3) is 0 Å². The molecular formula is C11H12N2O4S. The number of aliphatic carboxylic acids is 1. The van der Waals surface area contributed by atoms with Crippen LogP contribution in [0.3, 0.4) is 0 Å². The first-order chi connectivity index (χ1) is 8.45. The fraction of sp³-hybridized carbons (Fsp3) is 0.273. The zero-order valence-electron chi connectivity index (χ0n) is 9.46. The van der Waals surface area contributed by atoms with Crippen LogP contribution in [-0.4, -0.2) is 26.0 Å². The standard InChI is InChI=1S/C11H12N2O4S/c12-8-9-3-1-4-10(7-9)18(16,17)13-6-2-5-11(14)15/h1,3-4,7,13H,2,5-6H2,(H,14,15). The van der Waals surface area contributed by atoms with Crippen molar-refractivity contribution in [2.45, 2.75) is 17.7 Å². The van der Waals surface area contributed by atoms with Gasteiger partial charge in [-0.3, -0.25) is 4.79 Å². The molecule has 0 atom stereocenters. The fourth-order valence-corrected chi connectivity index (χ4v) is 2.38. The van der Waals surface area contributed by atoms with E-state index in [1.807, 2.05) is 6.07 Å². The van der Waals surface area contributed by atoms with E-state index in [4.69, 9.17) is 10.4 Å². The second-order valence-electron chi connectivity index (χ2n) is 3.53. The third-order valence-corrected chi connectivity index (χ3v) is 3.59. The number of nitrogens with one attached hydrogen (secondary N) is 1. The first kappa shape index (κ1) is 14.2. The molecule has 0 spiro atoms. The van der Waals surface area contributed by atoms with Crippen molar-refractivity contribution in [3.8, 4) is 6.07 Å². The van der Waals surface area contributed by atoms with Gasteiger partial charge in [0.25, 0.3) is 0 Å². The molecule has 0 saturated heterocycles. The van der Waals surface area contributed by atoms with Crippen molar-refractivity contribution in [3.63, 3.8) is 0 Å². The van der Waals surface area contributed by atoms with Crippen molar-refractivity contribution in [1.29, 1.82) is 5.26 Å². The molecule has 0 saturated carbocycles. The molecule has 0 bridgehead atoms. The van der Waals surface area contributed by atoms with Crippen molar-refractivity contribution in [2.24, 2.45) is 0 Å². The topological polar surface area (TPSA) is 107 Å². The summed E-state index contributed by atoms with van der Waals surface area (Å²) in [6, 6.07) is 7.47. The number of hydrogen-bond donors (Lipinski definition) is 2. The van der Waals surface area contributed by atoms with Crippen molar-refractivity contribution in [2.75, 3.05) is 6.54 Å². The summed E-state index contributed by atoms with van der Waals surface area (Å²) in [7, 11) is -3.68. The highest BCUT2D eigenvalue weighted by molar-refractivity contribution is 7.89. The number of carboxylic acid groups (broad SMARTS) is 1. The van der Waals surface area contributed by atoms with Gasteiger partial charge in [0, 0.05) is 13.0 Å². The highest BCUT2D eigenvalue weighted by Crippen LogP contribution is 2.10. The number of sulfonamides is 1. The molecule has 0 heterocycles. The molecule has 1 aromatic rings. The van der Waals surface area contributed by atoms with E-state index in [9.17, 15) is 13.2 Å². The third-order valence-electron chi connectivity index (χ3n) is 2.13. The van der Waals surface area contributed by atoms with Gasteiger partial charge in [-0.15, -0.1) is 0 Å². The van der Waals surface area contributed by atoms with Crippen LogP contribution in [0.5, 0.6) is 0 Å². The quantitative estimate of drug-likeness (QED) is 0.738. The van der Waals surface area contributed by atoms with Gasteiger partial charge in [0.05, 0.1) is 16.5 Å². The summed E-state index contributed by atoms with van der Waals surface area (Å²) in [5, 5.41) is 17.1. The minimum Gasteiger partial charge on any atom is -0.481 e. The molecule has 0 radical (unpaired) electrons. The van der Waals surface area contributed by atoms with Gasteiger partial charge >= 0.3 is 5.97 Å². The molecule has 0 amide bonds. The Bertz CT molecular complexity index is 575. The summed E-state index contributed by atoms with van der Waals surface area (Å²) in [5.41, 5.74) is 0.253. The van der Waals surface area contributed by atoms with Crippen LogP contribution in [0, 0.1) is 11.3 Å². The van der Waals surface area contributed by atoms with Crippen LogP contribution < -0.4 is 4.72 Å². The maximum Gasteiger partial charge on any atom is 0.303 e. The van der Waals surface area contributed by atoms with Gasteiger partial charge in [-0.2, -0.15) is 5.26 Å². The van der Waals surface area contributed by atoms with Crippen molar-refractivity contribution < 1.29 is 18.3 Å². The van der Waals surface area contributed by atoms with Gasteiger partial charge in [0.2, 0.25) is 10.0 Å². The summed E-state index contributed by atoms with van der Waals surface area (Å²) < 4.78 is 25.8. The summed E-state index contributed by atoms with van der Waals surface area (Å²) >= 11 is 0. The predicted molar refractivity (Wildman–Crippen MR) is 63.2 cm³/mol. The number of benzene rings is 1. The minimum absolute atomic E-state index is 0.00289. The lowest BCUT2D eigenvalue weighted by molar-refractivity contribution is -0.137. The molecule has 1 aromatic carbocycles. The van der Waals surface area contributed by atoms with Gasteiger partial charge in [0.1, 0.15) is 0 Å². The highest BCUT2D eigenvalue weighted by atomic mass is 32.2. The van der Waals surface area contributed by atoms with Gasteiger partial charge in [-0.1, -0.05) is 6.07 Å². The molecule has 0 aromatic heterocycles. The second-order valence-corrected chi connectivity index (χ2v) is 5.30. The summed E-state index contributed by atoms with van der Waals surface area (Å²) in [6.45, 7) is 0.0470. The molecule has 0 aliphatic heterocycles. The lowest BCUT2D eigenvalue weighted by Crippen LogP contribution is -2.25. The van der Waals surface area contributed by atoms with Crippen molar-refractivity contribution in [1.82, 2.24) is 4.72 Å². The Labute approximate surface area is 105 Å². The van der Waals surface area contributed by atoms with Crippen molar-refractivity contribution >= 4 is 16.0 Å². The first-order valence-electron chi connectivity index (χ1n) is 5.17. The van der Waals surface area contributed by atoms with E-state index in [0.29, 0.717) is 0 Å². The van der Waals surface area contributed by atoms with E-state index < -0.39 is 16.0 Å². The van der Waals surface area contributed by atoms with E-state index in [2.05, 4.69) is 4.72 Å². The number of nitriles is 1. The summed E-state index contributed by atoms with van der Waals surface area (Å²) in [4.78, 5) is 10.3. The fourth-order valence-electron chi connectivity index (χ4n) is 1.26. The van der Waals surface area contributed by atoms with E-state index in [-0.39, 0.29) is 29.8 Å². The van der Waals surface area contributed by atoms with Crippen LogP contribution in [0.2, 0.25) is 0 Å². The Balaban J connectivity index is 2.69.